The quantitative estimate of drug-likeness (QED) is 0.517. The Labute approximate surface area is 170 Å². The molecule has 0 fully saturated rings. The summed E-state index contributed by atoms with van der Waals surface area (Å²) in [4.78, 5) is 0.276. The zero-order valence-corrected chi connectivity index (χ0v) is 17.7. The molecule has 3 aromatic rings. The minimum absolute atomic E-state index is 0.276. The molecule has 148 valence electrons. The molecule has 1 atom stereocenters. The van der Waals surface area contributed by atoms with Gasteiger partial charge in [-0.05, 0) is 29.2 Å². The third-order valence-electron chi connectivity index (χ3n) is 4.34. The van der Waals surface area contributed by atoms with Gasteiger partial charge in [0.1, 0.15) is 0 Å². The van der Waals surface area contributed by atoms with E-state index < -0.39 is 10.0 Å². The van der Waals surface area contributed by atoms with Gasteiger partial charge in [0.2, 0.25) is 15.9 Å². The average Bonchev–Trinajstić information content (AvgIpc) is 3.14. The molecule has 0 saturated carbocycles. The van der Waals surface area contributed by atoms with Crippen molar-refractivity contribution >= 4 is 21.8 Å². The third kappa shape index (κ3) is 5.01. The zero-order chi connectivity index (χ0) is 20.1. The molecule has 0 aliphatic carbocycles. The van der Waals surface area contributed by atoms with E-state index in [1.165, 1.54) is 35.7 Å². The summed E-state index contributed by atoms with van der Waals surface area (Å²) in [5.41, 5.74) is 2.11. The van der Waals surface area contributed by atoms with E-state index in [-0.39, 0.29) is 10.8 Å². The summed E-state index contributed by atoms with van der Waals surface area (Å²) >= 11 is 1.40. The molecule has 28 heavy (non-hydrogen) atoms. The topological polar surface area (TPSA) is 76.3 Å². The largest absolute Gasteiger partial charge is 0.416 e. The first-order chi connectivity index (χ1) is 13.4. The number of rotatable bonds is 8. The lowest BCUT2D eigenvalue weighted by Gasteiger charge is -2.12. The van der Waals surface area contributed by atoms with E-state index in [4.69, 9.17) is 4.42 Å². The van der Waals surface area contributed by atoms with Crippen LogP contribution in [0.2, 0.25) is 0 Å². The van der Waals surface area contributed by atoms with Crippen molar-refractivity contribution in [2.24, 2.45) is 0 Å². The molecule has 8 heteroatoms. The maximum atomic E-state index is 12.3. The van der Waals surface area contributed by atoms with Crippen LogP contribution in [0.1, 0.15) is 29.9 Å². The van der Waals surface area contributed by atoms with Crippen LogP contribution in [0.4, 0.5) is 0 Å². The molecule has 0 saturated heterocycles. The first-order valence-corrected chi connectivity index (χ1v) is 11.3. The molecular weight excluding hydrogens is 394 g/mol. The summed E-state index contributed by atoms with van der Waals surface area (Å²) < 4.78 is 31.5. The van der Waals surface area contributed by atoms with Gasteiger partial charge in [0, 0.05) is 26.3 Å². The van der Waals surface area contributed by atoms with Gasteiger partial charge >= 0.3 is 0 Å². The van der Waals surface area contributed by atoms with Crippen LogP contribution in [-0.4, -0.2) is 37.0 Å². The monoisotopic (exact) mass is 417 g/mol. The number of thioether (sulfide) groups is 1. The number of benzene rings is 2. The Morgan fingerprint density at radius 3 is 2.54 bits per heavy atom. The molecule has 0 aliphatic rings. The number of sulfonamides is 1. The Bertz CT molecular complexity index is 1020. The van der Waals surface area contributed by atoms with E-state index in [2.05, 4.69) is 29.3 Å². The minimum Gasteiger partial charge on any atom is -0.416 e. The van der Waals surface area contributed by atoms with Gasteiger partial charge in [0.15, 0.2) is 0 Å². The van der Waals surface area contributed by atoms with Gasteiger partial charge in [0.25, 0.3) is 5.22 Å². The predicted molar refractivity (Wildman–Crippen MR) is 110 cm³/mol. The normalized spacial score (nSPS) is 13.0. The van der Waals surface area contributed by atoms with Crippen LogP contribution in [0, 0.1) is 0 Å². The lowest BCUT2D eigenvalue weighted by Crippen LogP contribution is -2.22. The van der Waals surface area contributed by atoms with Crippen molar-refractivity contribution in [3.05, 3.63) is 71.6 Å². The highest BCUT2D eigenvalue weighted by molar-refractivity contribution is 7.98. The molecule has 0 bridgehead atoms. The molecule has 1 aromatic heterocycles. The highest BCUT2D eigenvalue weighted by Gasteiger charge is 2.17. The van der Waals surface area contributed by atoms with Gasteiger partial charge in [-0.25, -0.2) is 12.7 Å². The summed E-state index contributed by atoms with van der Waals surface area (Å²) in [5.74, 6) is 1.43. The maximum Gasteiger partial charge on any atom is 0.276 e. The Balaban J connectivity index is 1.62. The summed E-state index contributed by atoms with van der Waals surface area (Å²) in [6.45, 7) is 2.13. The van der Waals surface area contributed by atoms with Crippen molar-refractivity contribution in [1.29, 1.82) is 0 Å². The Hall–Kier alpha value is -2.16. The molecule has 6 nitrogen and oxygen atoms in total. The zero-order valence-electron chi connectivity index (χ0n) is 16.1. The van der Waals surface area contributed by atoms with E-state index in [0.29, 0.717) is 23.3 Å². The van der Waals surface area contributed by atoms with E-state index >= 15 is 0 Å². The fraction of sp³-hybridized carbons (Fsp3) is 0.300. The summed E-state index contributed by atoms with van der Waals surface area (Å²) in [6.07, 6.45) is 0.675. The summed E-state index contributed by atoms with van der Waals surface area (Å²) in [5, 5.41) is 8.71. The second-order valence-corrected chi connectivity index (χ2v) is 9.78. The molecular formula is C20H23N3O3S2. The van der Waals surface area contributed by atoms with Gasteiger partial charge in [-0.1, -0.05) is 61.2 Å². The summed E-state index contributed by atoms with van der Waals surface area (Å²) in [6, 6.07) is 17.1. The molecule has 1 heterocycles. The van der Waals surface area contributed by atoms with Crippen molar-refractivity contribution in [3.63, 3.8) is 0 Å². The Morgan fingerprint density at radius 2 is 1.82 bits per heavy atom. The van der Waals surface area contributed by atoms with Crippen LogP contribution in [0.25, 0.3) is 0 Å². The van der Waals surface area contributed by atoms with Crippen molar-refractivity contribution < 1.29 is 12.8 Å². The van der Waals surface area contributed by atoms with Crippen LogP contribution < -0.4 is 0 Å². The summed E-state index contributed by atoms with van der Waals surface area (Å²) in [7, 11) is -0.403. The molecule has 0 radical (unpaired) electrons. The number of hydrogen-bond acceptors (Lipinski definition) is 6. The first-order valence-electron chi connectivity index (χ1n) is 8.88. The van der Waals surface area contributed by atoms with Gasteiger partial charge in [0.05, 0.1) is 4.90 Å². The van der Waals surface area contributed by atoms with Crippen LogP contribution >= 0.6 is 11.8 Å². The van der Waals surface area contributed by atoms with Gasteiger partial charge in [-0.3, -0.25) is 0 Å². The van der Waals surface area contributed by atoms with Gasteiger partial charge < -0.3 is 4.42 Å². The van der Waals surface area contributed by atoms with Crippen molar-refractivity contribution in [3.8, 4) is 0 Å². The van der Waals surface area contributed by atoms with E-state index in [1.807, 2.05) is 24.3 Å². The molecule has 2 aromatic carbocycles. The Kier molecular flexibility index (Phi) is 6.53. The van der Waals surface area contributed by atoms with Crippen LogP contribution in [0.3, 0.4) is 0 Å². The molecule has 0 aliphatic heterocycles. The van der Waals surface area contributed by atoms with Crippen LogP contribution in [0.15, 0.2) is 69.1 Å². The fourth-order valence-electron chi connectivity index (χ4n) is 2.69. The third-order valence-corrected chi connectivity index (χ3v) is 7.04. The lowest BCUT2D eigenvalue weighted by molar-refractivity contribution is 0.404. The smallest absolute Gasteiger partial charge is 0.276 e. The van der Waals surface area contributed by atoms with Gasteiger partial charge in [-0.15, -0.1) is 10.2 Å². The van der Waals surface area contributed by atoms with E-state index in [9.17, 15) is 8.42 Å². The number of nitrogens with zero attached hydrogens (tertiary/aromatic N) is 3. The maximum absolute atomic E-state index is 12.3. The first kappa shape index (κ1) is 20.6. The number of hydrogen-bond donors (Lipinski definition) is 0. The SMILES string of the molecule is CC(Cc1nnc(SCc2cccc(S(=O)(=O)N(C)C)c2)o1)c1ccccc1. The van der Waals surface area contributed by atoms with Gasteiger partial charge in [-0.2, -0.15) is 0 Å². The van der Waals surface area contributed by atoms with Crippen LogP contribution in [0.5, 0.6) is 0 Å². The highest BCUT2D eigenvalue weighted by atomic mass is 32.2. The Morgan fingerprint density at radius 1 is 1.07 bits per heavy atom. The fourth-order valence-corrected chi connectivity index (χ4v) is 4.39. The molecule has 0 amide bonds. The lowest BCUT2D eigenvalue weighted by atomic mass is 9.98. The molecule has 0 N–H and O–H groups in total. The molecule has 1 unspecified atom stereocenters. The van der Waals surface area contributed by atoms with Crippen molar-refractivity contribution in [2.75, 3.05) is 14.1 Å². The highest BCUT2D eigenvalue weighted by Crippen LogP contribution is 2.25. The predicted octanol–water partition coefficient (Wildman–Crippen LogP) is 3.96. The van der Waals surface area contributed by atoms with Crippen LogP contribution in [-0.2, 0) is 22.2 Å². The average molecular weight is 418 g/mol. The molecule has 3 rings (SSSR count). The minimum atomic E-state index is -3.45. The second kappa shape index (κ2) is 8.89. The second-order valence-electron chi connectivity index (χ2n) is 6.70. The number of aromatic nitrogens is 2. The van der Waals surface area contributed by atoms with Crippen molar-refractivity contribution in [1.82, 2.24) is 14.5 Å². The standard InChI is InChI=1S/C20H23N3O3S2/c1-15(17-9-5-4-6-10-17)12-19-21-22-20(26-19)27-14-16-8-7-11-18(13-16)28(24,25)23(2)3/h4-11,13,15H,12,14H2,1-3H3. The van der Waals surface area contributed by atoms with E-state index in [1.54, 1.807) is 18.2 Å². The van der Waals surface area contributed by atoms with Crippen molar-refractivity contribution in [2.45, 2.75) is 35.1 Å². The molecule has 0 spiro atoms. The van der Waals surface area contributed by atoms with E-state index in [0.717, 1.165) is 5.56 Å².